The van der Waals surface area contributed by atoms with Gasteiger partial charge in [-0.05, 0) is 25.0 Å². The van der Waals surface area contributed by atoms with Crippen molar-refractivity contribution in [2.24, 2.45) is 17.6 Å². The number of carbonyl (C=O) groups excluding carboxylic acids is 2. The average molecular weight is 436 g/mol. The fourth-order valence-electron chi connectivity index (χ4n) is 4.78. The van der Waals surface area contributed by atoms with Crippen LogP contribution < -0.4 is 11.1 Å². The topological polar surface area (TPSA) is 93.2 Å². The number of amides is 3. The molecule has 3 atom stereocenters. The van der Waals surface area contributed by atoms with Gasteiger partial charge in [-0.25, -0.2) is 13.6 Å². The van der Waals surface area contributed by atoms with Crippen molar-refractivity contribution in [3.8, 4) is 11.3 Å². The highest BCUT2D eigenvalue weighted by molar-refractivity contribution is 6.30. The van der Waals surface area contributed by atoms with Crippen LogP contribution in [0, 0.1) is 11.8 Å². The fraction of sp³-hybridized carbons (Fsp3) is 0.450. The molecule has 0 unspecified atom stereocenters. The number of nitrogens with two attached hydrogens (primary N) is 1. The number of aromatic nitrogens is 2. The molecule has 5 rings (SSSR count). The van der Waals surface area contributed by atoms with Gasteiger partial charge < -0.3 is 16.0 Å². The molecule has 30 heavy (non-hydrogen) atoms. The zero-order valence-electron chi connectivity index (χ0n) is 15.9. The zero-order chi connectivity index (χ0) is 21.2. The molecule has 2 aromatic rings. The number of hydrogen-bond donors (Lipinski definition) is 2. The van der Waals surface area contributed by atoms with E-state index >= 15 is 0 Å². The number of nitrogens with one attached hydrogen (secondary N) is 1. The van der Waals surface area contributed by atoms with Gasteiger partial charge >= 0.3 is 6.03 Å². The smallest absolute Gasteiger partial charge is 0.318 e. The molecule has 3 aliphatic rings. The van der Waals surface area contributed by atoms with Crippen LogP contribution in [-0.4, -0.2) is 45.1 Å². The Bertz CT molecular complexity index is 1040. The second-order valence-corrected chi connectivity index (χ2v) is 8.63. The first kappa shape index (κ1) is 19.3. The van der Waals surface area contributed by atoms with Gasteiger partial charge in [-0.3, -0.25) is 9.48 Å². The summed E-state index contributed by atoms with van der Waals surface area (Å²) >= 11 is 6.07. The van der Waals surface area contributed by atoms with Crippen molar-refractivity contribution in [2.75, 3.05) is 6.54 Å². The van der Waals surface area contributed by atoms with Gasteiger partial charge in [-0.15, -0.1) is 0 Å². The molecule has 1 aromatic heterocycles. The lowest BCUT2D eigenvalue weighted by Gasteiger charge is -2.30. The molecule has 10 heteroatoms. The standard InChI is InChI=1S/C20H20ClF2N5O2/c21-11-3-1-2-10(6-11)17-16(18(24)29)15-9-27(4-5-28(15)26-17)19(30)25-12-7-13-14(8-12)20(13,22)23/h1-3,6,12-14H,4-5,7-9H2,(H2,24,29)(H,25,30)/t12-,13+,14-. The summed E-state index contributed by atoms with van der Waals surface area (Å²) < 4.78 is 28.4. The molecule has 2 fully saturated rings. The Balaban J connectivity index is 1.35. The molecule has 0 saturated heterocycles. The molecule has 3 amide bonds. The van der Waals surface area contributed by atoms with Crippen LogP contribution in [0.2, 0.25) is 5.02 Å². The summed E-state index contributed by atoms with van der Waals surface area (Å²) in [5, 5.41) is 7.90. The Morgan fingerprint density at radius 1 is 1.23 bits per heavy atom. The second-order valence-electron chi connectivity index (χ2n) is 8.19. The second kappa shape index (κ2) is 6.66. The third-order valence-electron chi connectivity index (χ3n) is 6.38. The molecule has 3 N–H and O–H groups in total. The van der Waals surface area contributed by atoms with Gasteiger partial charge in [0.15, 0.2) is 0 Å². The molecular formula is C20H20ClF2N5O2. The SMILES string of the molecule is NC(=O)c1c(-c2cccc(Cl)c2)nn2c1CN(C(=O)N[C@H]1C[C@@H]3[C@H](C1)C3(F)F)CC2. The summed E-state index contributed by atoms with van der Waals surface area (Å²) in [5.74, 6) is -4.40. The molecular weight excluding hydrogens is 416 g/mol. The summed E-state index contributed by atoms with van der Waals surface area (Å²) in [6, 6.07) is 6.41. The average Bonchev–Trinajstić information content (AvgIpc) is 3.09. The molecule has 0 radical (unpaired) electrons. The van der Waals surface area contributed by atoms with Gasteiger partial charge in [0, 0.05) is 35.0 Å². The lowest BCUT2D eigenvalue weighted by atomic mass is 10.0. The van der Waals surface area contributed by atoms with E-state index in [1.54, 1.807) is 33.8 Å². The molecule has 1 aliphatic heterocycles. The van der Waals surface area contributed by atoms with Gasteiger partial charge in [-0.2, -0.15) is 5.10 Å². The maximum Gasteiger partial charge on any atom is 0.318 e. The Morgan fingerprint density at radius 2 is 1.97 bits per heavy atom. The van der Waals surface area contributed by atoms with Gasteiger partial charge in [0.05, 0.1) is 24.3 Å². The van der Waals surface area contributed by atoms with Crippen LogP contribution in [0.1, 0.15) is 28.9 Å². The van der Waals surface area contributed by atoms with E-state index in [1.807, 2.05) is 0 Å². The molecule has 158 valence electrons. The number of alkyl halides is 2. The number of primary amides is 1. The molecule has 2 heterocycles. The maximum absolute atomic E-state index is 13.4. The minimum Gasteiger partial charge on any atom is -0.365 e. The number of benzene rings is 1. The number of rotatable bonds is 3. The van der Waals surface area contributed by atoms with Gasteiger partial charge in [0.25, 0.3) is 11.8 Å². The fourth-order valence-corrected chi connectivity index (χ4v) is 4.97. The van der Waals surface area contributed by atoms with E-state index in [0.717, 1.165) is 0 Å². The molecule has 1 aromatic carbocycles. The highest BCUT2D eigenvalue weighted by Gasteiger charge is 2.71. The molecule has 7 nitrogen and oxygen atoms in total. The van der Waals surface area contributed by atoms with E-state index < -0.39 is 23.7 Å². The Morgan fingerprint density at radius 3 is 2.63 bits per heavy atom. The zero-order valence-corrected chi connectivity index (χ0v) is 16.7. The van der Waals surface area contributed by atoms with E-state index in [2.05, 4.69) is 10.4 Å². The third kappa shape index (κ3) is 3.03. The van der Waals surface area contributed by atoms with Crippen molar-refractivity contribution < 1.29 is 18.4 Å². The van der Waals surface area contributed by atoms with Crippen molar-refractivity contribution in [3.63, 3.8) is 0 Å². The van der Waals surface area contributed by atoms with E-state index in [9.17, 15) is 18.4 Å². The largest absolute Gasteiger partial charge is 0.365 e. The van der Waals surface area contributed by atoms with Crippen molar-refractivity contribution in [1.82, 2.24) is 20.0 Å². The number of nitrogens with zero attached hydrogens (tertiary/aromatic N) is 3. The highest BCUT2D eigenvalue weighted by Crippen LogP contribution is 2.64. The Hall–Kier alpha value is -2.68. The van der Waals surface area contributed by atoms with Crippen LogP contribution >= 0.6 is 11.6 Å². The normalized spacial score (nSPS) is 26.1. The highest BCUT2D eigenvalue weighted by atomic mass is 35.5. The number of halogens is 3. The van der Waals surface area contributed by atoms with Crippen molar-refractivity contribution in [2.45, 2.75) is 37.9 Å². The maximum atomic E-state index is 13.4. The quantitative estimate of drug-likeness (QED) is 0.776. The summed E-state index contributed by atoms with van der Waals surface area (Å²) in [5.41, 5.74) is 7.56. The minimum absolute atomic E-state index is 0.160. The number of carbonyl (C=O) groups is 2. The minimum atomic E-state index is -2.56. The van der Waals surface area contributed by atoms with E-state index in [-0.39, 0.29) is 24.2 Å². The Labute approximate surface area is 176 Å². The summed E-state index contributed by atoms with van der Waals surface area (Å²) in [4.78, 5) is 26.5. The van der Waals surface area contributed by atoms with Crippen LogP contribution in [0.3, 0.4) is 0 Å². The Kier molecular flexibility index (Phi) is 4.29. The lowest BCUT2D eigenvalue weighted by molar-refractivity contribution is 0.0672. The van der Waals surface area contributed by atoms with E-state index in [4.69, 9.17) is 17.3 Å². The molecule has 2 saturated carbocycles. The van der Waals surface area contributed by atoms with Crippen LogP contribution in [-0.2, 0) is 13.1 Å². The first-order valence-corrected chi connectivity index (χ1v) is 10.2. The third-order valence-corrected chi connectivity index (χ3v) is 6.62. The van der Waals surface area contributed by atoms with Crippen LogP contribution in [0.5, 0.6) is 0 Å². The van der Waals surface area contributed by atoms with Crippen molar-refractivity contribution in [1.29, 1.82) is 0 Å². The van der Waals surface area contributed by atoms with Gasteiger partial charge in [0.2, 0.25) is 0 Å². The summed E-state index contributed by atoms with van der Waals surface area (Å²) in [7, 11) is 0. The molecule has 0 spiro atoms. The van der Waals surface area contributed by atoms with Gasteiger partial charge in [-0.1, -0.05) is 23.7 Å². The van der Waals surface area contributed by atoms with Crippen molar-refractivity contribution >= 4 is 23.5 Å². The predicted octanol–water partition coefficient (Wildman–Crippen LogP) is 2.87. The first-order chi connectivity index (χ1) is 14.3. The van der Waals surface area contributed by atoms with Gasteiger partial charge in [0.1, 0.15) is 5.69 Å². The molecule has 0 bridgehead atoms. The van der Waals surface area contributed by atoms with Crippen molar-refractivity contribution in [3.05, 3.63) is 40.5 Å². The number of hydrogen-bond acceptors (Lipinski definition) is 3. The molecule has 2 aliphatic carbocycles. The lowest BCUT2D eigenvalue weighted by Crippen LogP contribution is -2.48. The number of fused-ring (bicyclic) bond motifs is 2. The van der Waals surface area contributed by atoms with E-state index in [0.29, 0.717) is 47.9 Å². The predicted molar refractivity (Wildman–Crippen MR) is 105 cm³/mol. The van der Waals surface area contributed by atoms with E-state index in [1.165, 1.54) is 0 Å². The summed E-state index contributed by atoms with van der Waals surface area (Å²) in [6.45, 7) is 0.953. The number of urea groups is 1. The van der Waals surface area contributed by atoms with Crippen LogP contribution in [0.25, 0.3) is 11.3 Å². The summed E-state index contributed by atoms with van der Waals surface area (Å²) in [6.07, 6.45) is 0.612. The van der Waals surface area contributed by atoms with Crippen LogP contribution in [0.4, 0.5) is 13.6 Å². The van der Waals surface area contributed by atoms with Crippen LogP contribution in [0.15, 0.2) is 24.3 Å². The monoisotopic (exact) mass is 435 g/mol. The first-order valence-electron chi connectivity index (χ1n) is 9.84.